The molecule has 1 aliphatic rings. The van der Waals surface area contributed by atoms with Crippen molar-refractivity contribution in [3.8, 4) is 0 Å². The summed E-state index contributed by atoms with van der Waals surface area (Å²) in [6.07, 6.45) is -4.79. The van der Waals surface area contributed by atoms with Crippen molar-refractivity contribution in [2.45, 2.75) is 30.8 Å². The number of hydrogen-bond donors (Lipinski definition) is 2. The summed E-state index contributed by atoms with van der Waals surface area (Å²) >= 11 is 0. The molecule has 0 aromatic rings. The van der Waals surface area contributed by atoms with Crippen LogP contribution in [0.15, 0.2) is 0 Å². The van der Waals surface area contributed by atoms with Crippen LogP contribution in [0.3, 0.4) is 0 Å². The largest absolute Gasteiger partial charge is 0.388 e. The van der Waals surface area contributed by atoms with Crippen molar-refractivity contribution in [3.05, 3.63) is 0 Å². The number of hydrogen-bond acceptors (Lipinski definition) is 2. The second kappa shape index (κ2) is 3.42. The average Bonchev–Trinajstić information content (AvgIpc) is 2.34. The monoisotopic (exact) mass is 201 g/mol. The molecule has 2 N–H and O–H groups in total. The van der Waals surface area contributed by atoms with Crippen molar-refractivity contribution in [2.24, 2.45) is 0 Å². The molecule has 0 aliphatic carbocycles. The first-order valence-corrected chi connectivity index (χ1v) is 3.95. The molecule has 78 valence electrons. The lowest BCUT2D eigenvalue weighted by molar-refractivity contribution is -0.164. The molecule has 2 nitrogen and oxygen atoms in total. The van der Waals surface area contributed by atoms with E-state index in [4.69, 9.17) is 0 Å². The lowest BCUT2D eigenvalue weighted by Crippen LogP contribution is -2.41. The van der Waals surface area contributed by atoms with Crippen molar-refractivity contribution in [2.75, 3.05) is 13.1 Å². The van der Waals surface area contributed by atoms with Crippen molar-refractivity contribution >= 4 is 0 Å². The Balaban J connectivity index is 2.56. The highest BCUT2D eigenvalue weighted by Crippen LogP contribution is 2.34. The van der Waals surface area contributed by atoms with Crippen LogP contribution in [-0.2, 0) is 0 Å². The summed E-state index contributed by atoms with van der Waals surface area (Å²) in [5.74, 6) is -4.10. The van der Waals surface area contributed by atoms with Crippen LogP contribution in [0.5, 0.6) is 0 Å². The van der Waals surface area contributed by atoms with Gasteiger partial charge in [-0.25, -0.2) is 17.6 Å². The number of aliphatic hydroxyl groups is 1. The van der Waals surface area contributed by atoms with E-state index in [0.29, 0.717) is 6.54 Å². The molecule has 1 fully saturated rings. The van der Waals surface area contributed by atoms with Gasteiger partial charge in [0.1, 0.15) is 0 Å². The Morgan fingerprint density at radius 2 is 2.08 bits per heavy atom. The Labute approximate surface area is 72.9 Å². The zero-order valence-electron chi connectivity index (χ0n) is 6.86. The van der Waals surface area contributed by atoms with Crippen LogP contribution >= 0.6 is 0 Å². The zero-order chi connectivity index (χ0) is 10.1. The van der Waals surface area contributed by atoms with Crippen LogP contribution < -0.4 is 5.32 Å². The second-order valence-corrected chi connectivity index (χ2v) is 3.39. The summed E-state index contributed by atoms with van der Waals surface area (Å²) in [5.41, 5.74) is -1.68. The molecule has 13 heavy (non-hydrogen) atoms. The van der Waals surface area contributed by atoms with Gasteiger partial charge in [0.25, 0.3) is 0 Å². The lowest BCUT2D eigenvalue weighted by Gasteiger charge is -2.26. The maximum atomic E-state index is 12.5. The minimum Gasteiger partial charge on any atom is -0.388 e. The molecule has 0 radical (unpaired) electrons. The van der Waals surface area contributed by atoms with Gasteiger partial charge in [0.2, 0.25) is 0 Å². The number of alkyl halides is 4. The predicted molar refractivity (Wildman–Crippen MR) is 38.0 cm³/mol. The third-order valence-corrected chi connectivity index (χ3v) is 2.11. The van der Waals surface area contributed by atoms with E-state index < -0.39 is 24.4 Å². The smallest absolute Gasteiger partial charge is 0.310 e. The molecule has 1 atom stereocenters. The van der Waals surface area contributed by atoms with Gasteiger partial charge >= 0.3 is 12.3 Å². The SMILES string of the molecule is OC1(CC(F)(F)C(F)F)CCNC1. The molecule has 0 aromatic heterocycles. The van der Waals surface area contributed by atoms with Gasteiger partial charge in [-0.2, -0.15) is 0 Å². The number of rotatable bonds is 3. The Morgan fingerprint density at radius 1 is 1.46 bits per heavy atom. The lowest BCUT2D eigenvalue weighted by atomic mass is 9.95. The summed E-state index contributed by atoms with van der Waals surface area (Å²) in [4.78, 5) is 0. The molecule has 0 saturated carbocycles. The zero-order valence-corrected chi connectivity index (χ0v) is 6.86. The van der Waals surface area contributed by atoms with E-state index in [1.807, 2.05) is 0 Å². The van der Waals surface area contributed by atoms with E-state index in [9.17, 15) is 22.7 Å². The van der Waals surface area contributed by atoms with Crippen LogP contribution in [0.1, 0.15) is 12.8 Å². The van der Waals surface area contributed by atoms with Crippen LogP contribution in [0.2, 0.25) is 0 Å². The van der Waals surface area contributed by atoms with Crippen molar-refractivity contribution in [1.29, 1.82) is 0 Å². The fraction of sp³-hybridized carbons (Fsp3) is 1.00. The van der Waals surface area contributed by atoms with E-state index in [1.54, 1.807) is 0 Å². The van der Waals surface area contributed by atoms with Crippen LogP contribution in [0.25, 0.3) is 0 Å². The maximum absolute atomic E-state index is 12.5. The first-order chi connectivity index (χ1) is 5.86. The van der Waals surface area contributed by atoms with Crippen molar-refractivity contribution in [1.82, 2.24) is 5.32 Å². The molecule has 0 spiro atoms. The van der Waals surface area contributed by atoms with Crippen LogP contribution in [0, 0.1) is 0 Å². The van der Waals surface area contributed by atoms with E-state index in [0.717, 1.165) is 0 Å². The summed E-state index contributed by atoms with van der Waals surface area (Å²) < 4.78 is 48.5. The minimum absolute atomic E-state index is 0.0463. The highest BCUT2D eigenvalue weighted by molar-refractivity contribution is 4.92. The quantitative estimate of drug-likeness (QED) is 0.668. The molecule has 1 saturated heterocycles. The molecule has 1 unspecified atom stereocenters. The topological polar surface area (TPSA) is 32.3 Å². The standard InChI is InChI=1S/C7H11F4NO/c8-5(9)7(10,11)3-6(13)1-2-12-4-6/h5,12-13H,1-4H2. The van der Waals surface area contributed by atoms with Gasteiger partial charge in [-0.05, 0) is 13.0 Å². The summed E-state index contributed by atoms with van der Waals surface area (Å²) in [7, 11) is 0. The highest BCUT2D eigenvalue weighted by Gasteiger charge is 2.48. The Kier molecular flexibility index (Phi) is 2.82. The van der Waals surface area contributed by atoms with Gasteiger partial charge < -0.3 is 10.4 Å². The van der Waals surface area contributed by atoms with Gasteiger partial charge in [0.05, 0.1) is 5.60 Å². The summed E-state index contributed by atoms with van der Waals surface area (Å²) in [5, 5.41) is 12.0. The molecule has 0 aromatic carbocycles. The average molecular weight is 201 g/mol. The molecule has 0 amide bonds. The molecule has 1 heterocycles. The second-order valence-electron chi connectivity index (χ2n) is 3.39. The summed E-state index contributed by atoms with van der Waals surface area (Å²) in [6.45, 7) is 0.338. The van der Waals surface area contributed by atoms with Crippen LogP contribution in [0.4, 0.5) is 17.6 Å². The maximum Gasteiger partial charge on any atom is 0.310 e. The Morgan fingerprint density at radius 3 is 2.46 bits per heavy atom. The number of nitrogens with one attached hydrogen (secondary N) is 1. The van der Waals surface area contributed by atoms with Gasteiger partial charge in [0.15, 0.2) is 0 Å². The minimum atomic E-state index is -4.10. The molecule has 6 heteroatoms. The third-order valence-electron chi connectivity index (χ3n) is 2.11. The first kappa shape index (κ1) is 10.7. The fourth-order valence-corrected chi connectivity index (χ4v) is 1.40. The molecule has 0 bridgehead atoms. The van der Waals surface area contributed by atoms with E-state index in [2.05, 4.69) is 5.32 Å². The molecular weight excluding hydrogens is 190 g/mol. The first-order valence-electron chi connectivity index (χ1n) is 3.95. The Bertz CT molecular complexity index is 177. The van der Waals surface area contributed by atoms with E-state index in [1.165, 1.54) is 0 Å². The third kappa shape index (κ3) is 2.54. The fourth-order valence-electron chi connectivity index (χ4n) is 1.40. The van der Waals surface area contributed by atoms with Gasteiger partial charge in [-0.15, -0.1) is 0 Å². The predicted octanol–water partition coefficient (Wildman–Crippen LogP) is 1.00. The number of halogens is 4. The van der Waals surface area contributed by atoms with Gasteiger partial charge in [-0.3, -0.25) is 0 Å². The molecule has 1 aliphatic heterocycles. The highest BCUT2D eigenvalue weighted by atomic mass is 19.3. The number of β-amino-alcohol motifs (C(OH)–C–C–N with tert-alkyl or cyclic N) is 1. The van der Waals surface area contributed by atoms with Crippen LogP contribution in [-0.4, -0.2) is 36.1 Å². The van der Waals surface area contributed by atoms with E-state index in [-0.39, 0.29) is 13.0 Å². The normalized spacial score (nSPS) is 30.0. The van der Waals surface area contributed by atoms with Gasteiger partial charge in [0, 0.05) is 13.0 Å². The van der Waals surface area contributed by atoms with E-state index >= 15 is 0 Å². The van der Waals surface area contributed by atoms with Crippen molar-refractivity contribution in [3.63, 3.8) is 0 Å². The van der Waals surface area contributed by atoms with Crippen molar-refractivity contribution < 1.29 is 22.7 Å². The summed E-state index contributed by atoms with van der Waals surface area (Å²) in [6, 6.07) is 0. The Hall–Kier alpha value is -0.360. The molecular formula is C7H11F4NO. The molecule has 1 rings (SSSR count). The van der Waals surface area contributed by atoms with Gasteiger partial charge in [-0.1, -0.05) is 0 Å².